The number of carbonyl (C=O) groups is 1. The highest BCUT2D eigenvalue weighted by Crippen LogP contribution is 2.54. The largest absolute Gasteiger partial charge is 0.481 e. The van der Waals surface area contributed by atoms with Crippen LogP contribution in [0.25, 0.3) is 21.5 Å². The number of nitrogens with zero attached hydrogens (tertiary/aromatic N) is 2. The first-order valence-corrected chi connectivity index (χ1v) is 28.3. The Labute approximate surface area is 413 Å². The van der Waals surface area contributed by atoms with Crippen molar-refractivity contribution in [2.24, 2.45) is 0 Å². The molecule has 0 bridgehead atoms. The number of likely N-dealkylation sites (N-methyl/N-ethyl adjacent to an activating group) is 1. The Morgan fingerprint density at radius 3 is 1.66 bits per heavy atom. The first-order chi connectivity index (χ1) is 33.2. The second-order valence-electron chi connectivity index (χ2n) is 17.6. The molecule has 388 valence electrons. The number of fused-ring (bicyclic) bond motifs is 6. The van der Waals surface area contributed by atoms with Crippen LogP contribution in [0, 0.1) is 0 Å². The van der Waals surface area contributed by atoms with Gasteiger partial charge in [-0.2, -0.15) is 38.2 Å². The van der Waals surface area contributed by atoms with Gasteiger partial charge in [-0.1, -0.05) is 12.1 Å². The molecule has 0 aromatic heterocycles. The van der Waals surface area contributed by atoms with Gasteiger partial charge < -0.3 is 29.0 Å². The van der Waals surface area contributed by atoms with Crippen LogP contribution in [-0.4, -0.2) is 140 Å². The molecule has 0 fully saturated rings. The summed E-state index contributed by atoms with van der Waals surface area (Å²) in [6, 6.07) is 9.91. The zero-order chi connectivity index (χ0) is 52.3. The maximum absolute atomic E-state index is 12.9. The molecule has 5 N–H and O–H groups in total. The smallest absolute Gasteiger partial charge is 0.303 e. The summed E-state index contributed by atoms with van der Waals surface area (Å²) >= 11 is 0. The summed E-state index contributed by atoms with van der Waals surface area (Å²) in [6.45, 7) is 7.55. The fourth-order valence-electron chi connectivity index (χ4n) is 9.80. The molecule has 0 amide bonds. The minimum absolute atomic E-state index is 0.00122. The quantitative estimate of drug-likeness (QED) is 0.0275. The lowest BCUT2D eigenvalue weighted by atomic mass is 9.74. The summed E-state index contributed by atoms with van der Waals surface area (Å²) in [5.41, 5.74) is 1.11. The number of unbranched alkanes of at least 4 members (excludes halogenated alkanes) is 2. The van der Waals surface area contributed by atoms with E-state index in [2.05, 4.69) is 0 Å². The lowest BCUT2D eigenvalue weighted by molar-refractivity contribution is -0.438. The lowest BCUT2D eigenvalue weighted by Crippen LogP contribution is -2.33. The van der Waals surface area contributed by atoms with Crippen LogP contribution in [0.3, 0.4) is 0 Å². The van der Waals surface area contributed by atoms with Crippen LogP contribution >= 0.6 is 0 Å². The van der Waals surface area contributed by atoms with Crippen LogP contribution in [0.2, 0.25) is 0 Å². The van der Waals surface area contributed by atoms with Gasteiger partial charge in [0.25, 0.3) is 40.5 Å². The molecule has 0 spiro atoms. The number of methoxy groups -OCH3 is 2. The maximum atomic E-state index is 12.9. The van der Waals surface area contributed by atoms with Gasteiger partial charge in [-0.05, 0) is 105 Å². The van der Waals surface area contributed by atoms with Gasteiger partial charge in [0, 0.05) is 92.1 Å². The molecule has 2 heterocycles. The second-order valence-corrected chi connectivity index (χ2v) is 23.2. The van der Waals surface area contributed by atoms with Gasteiger partial charge in [0.1, 0.15) is 16.3 Å². The Morgan fingerprint density at radius 1 is 0.648 bits per heavy atom. The zero-order valence-corrected chi connectivity index (χ0v) is 43.1. The number of carboxylic acid groups (broad SMARTS) is 1. The van der Waals surface area contributed by atoms with Crippen molar-refractivity contribution in [3.8, 4) is 0 Å². The highest BCUT2D eigenvalue weighted by molar-refractivity contribution is 7.87. The topological polar surface area (TPSA) is 298 Å². The number of hydrogen-bond acceptors (Lipinski definition) is 14. The van der Waals surface area contributed by atoms with E-state index in [-0.39, 0.29) is 80.4 Å². The molecule has 4 aromatic carbocycles. The molecule has 0 saturated heterocycles. The average Bonchev–Trinajstić information content (AvgIpc) is 3.67. The maximum Gasteiger partial charge on any atom is 0.303 e. The van der Waals surface area contributed by atoms with E-state index in [1.807, 2.05) is 42.4 Å². The number of benzene rings is 4. The van der Waals surface area contributed by atoms with E-state index in [0.717, 1.165) is 6.07 Å². The van der Waals surface area contributed by atoms with E-state index in [1.54, 1.807) is 18.2 Å². The monoisotopic (exact) mass is 1070 g/mol. The Hall–Kier alpha value is -4.70. The summed E-state index contributed by atoms with van der Waals surface area (Å²) < 4.78 is 168. The molecule has 6 rings (SSSR count). The van der Waals surface area contributed by atoms with E-state index in [4.69, 9.17) is 18.9 Å². The van der Waals surface area contributed by atoms with E-state index < -0.39 is 76.9 Å². The highest BCUT2D eigenvalue weighted by atomic mass is 32.2. The molecule has 2 unspecified atom stereocenters. The predicted octanol–water partition coefficient (Wildman–Crippen LogP) is 6.33. The standard InChI is InChI=1S/C47H58N2O18S4/c1-6-48-37-16-14-33-35(27-31(68(52,53)54)29-39(33)70(58,59)60)44(37)46(2,18-21-66-25-23-64-4)41(48)11-10-12-42-47(3,19-22-67-26-24-65-5)45-36-28-32(69(55,56)57)30-40(71(61,62)63)34(36)15-17-38(45)49(42)20-9-7-8-13-43(50)51/h10-12,14-17,27-30H,6-9,13,18-26H2,1-5H3,(H4-,50,51,52,53,54,55,56,57,58,59,60,61,62,63)/p+1. The van der Waals surface area contributed by atoms with Gasteiger partial charge in [0.2, 0.25) is 5.69 Å². The number of allylic oxidation sites excluding steroid dienone is 4. The predicted molar refractivity (Wildman–Crippen MR) is 263 cm³/mol. The van der Waals surface area contributed by atoms with Gasteiger partial charge in [0.15, 0.2) is 5.71 Å². The van der Waals surface area contributed by atoms with Crippen LogP contribution in [0.1, 0.15) is 70.4 Å². The number of aliphatic carboxylic acids is 1. The molecule has 2 atom stereocenters. The average molecular weight is 1070 g/mol. The molecular weight excluding hydrogens is 1010 g/mol. The van der Waals surface area contributed by atoms with Crippen LogP contribution in [0.4, 0.5) is 11.4 Å². The molecule has 0 aliphatic carbocycles. The number of rotatable bonds is 25. The number of carboxylic acids is 1. The minimum Gasteiger partial charge on any atom is -0.481 e. The lowest BCUT2D eigenvalue weighted by Gasteiger charge is -2.30. The van der Waals surface area contributed by atoms with Crippen molar-refractivity contribution in [3.05, 3.63) is 83.6 Å². The number of hydrogen-bond donors (Lipinski definition) is 5. The van der Waals surface area contributed by atoms with E-state index in [9.17, 15) is 61.8 Å². The van der Waals surface area contributed by atoms with Gasteiger partial charge in [-0.25, -0.2) is 0 Å². The van der Waals surface area contributed by atoms with Crippen LogP contribution in [0.5, 0.6) is 0 Å². The molecule has 71 heavy (non-hydrogen) atoms. The third kappa shape index (κ3) is 11.7. The first kappa shape index (κ1) is 55.6. The Kier molecular flexibility index (Phi) is 17.1. The van der Waals surface area contributed by atoms with Gasteiger partial charge in [-0.15, -0.1) is 0 Å². The number of anilines is 1. The fraction of sp³-hybridized carbons (Fsp3) is 0.447. The number of ether oxygens (including phenoxy) is 4. The Balaban J connectivity index is 1.63. The van der Waals surface area contributed by atoms with Crippen LogP contribution in [0.15, 0.2) is 92.0 Å². The third-order valence-electron chi connectivity index (χ3n) is 13.1. The van der Waals surface area contributed by atoms with Crippen molar-refractivity contribution in [2.45, 2.75) is 89.7 Å². The van der Waals surface area contributed by atoms with Gasteiger partial charge >= 0.3 is 5.97 Å². The summed E-state index contributed by atoms with van der Waals surface area (Å²) in [5.74, 6) is -0.953. The normalized spacial score (nSPS) is 19.2. The van der Waals surface area contributed by atoms with E-state index >= 15 is 0 Å². The van der Waals surface area contributed by atoms with Crippen LogP contribution < -0.4 is 4.90 Å². The van der Waals surface area contributed by atoms with Crippen LogP contribution in [-0.2, 0) is 75.0 Å². The summed E-state index contributed by atoms with van der Waals surface area (Å²) in [6.07, 6.45) is 7.21. The van der Waals surface area contributed by atoms with E-state index in [1.165, 1.54) is 32.4 Å². The van der Waals surface area contributed by atoms with Crippen molar-refractivity contribution in [2.75, 3.05) is 71.9 Å². The molecule has 24 heteroatoms. The first-order valence-electron chi connectivity index (χ1n) is 22.5. The summed E-state index contributed by atoms with van der Waals surface area (Å²) in [4.78, 5) is 10.4. The van der Waals surface area contributed by atoms with Gasteiger partial charge in [0.05, 0.1) is 41.6 Å². The fourth-order valence-corrected chi connectivity index (χ4v) is 12.5. The Morgan fingerprint density at radius 2 is 1.17 bits per heavy atom. The SMILES string of the molecule is CCN1/C(=C/C=C/C2=[N+](CCCCCC(=O)O)c3ccc4c(S(=O)(=O)O)cc(S(=O)(=O)O)cc4c3C2(C)CCOCCOC)C(C)(CCOCCOC)c2c1ccc1c(S(=O)(=O)O)cc(S(=O)(=O)O)cc21. The third-order valence-corrected chi connectivity index (χ3v) is 16.5. The molecule has 0 saturated carbocycles. The molecular formula is C47H59N2O18S4+. The molecule has 4 aromatic rings. The van der Waals surface area contributed by atoms with Crippen molar-refractivity contribution < 1.29 is 85.3 Å². The second kappa shape index (κ2) is 21.8. The summed E-state index contributed by atoms with van der Waals surface area (Å²) in [7, 11) is -17.1. The summed E-state index contributed by atoms with van der Waals surface area (Å²) in [5, 5.41) is 9.56. The minimum atomic E-state index is -5.07. The zero-order valence-electron chi connectivity index (χ0n) is 39.8. The van der Waals surface area contributed by atoms with Crippen molar-refractivity contribution in [1.82, 2.24) is 0 Å². The molecule has 0 radical (unpaired) electrons. The van der Waals surface area contributed by atoms with E-state index in [0.29, 0.717) is 78.4 Å². The molecule has 2 aliphatic heterocycles. The van der Waals surface area contributed by atoms with Crippen molar-refractivity contribution in [3.63, 3.8) is 0 Å². The van der Waals surface area contributed by atoms with Gasteiger partial charge in [-0.3, -0.25) is 23.0 Å². The molecule has 2 aliphatic rings. The molecule has 20 nitrogen and oxygen atoms in total. The van der Waals surface area contributed by atoms with Crippen molar-refractivity contribution in [1.29, 1.82) is 0 Å². The Bertz CT molecular complexity index is 3280. The highest BCUT2D eigenvalue weighted by Gasteiger charge is 2.50. The van der Waals surface area contributed by atoms with Crippen molar-refractivity contribution >= 4 is 85.1 Å².